The highest BCUT2D eigenvalue weighted by atomic mass is 79.9. The van der Waals surface area contributed by atoms with Crippen LogP contribution in [-0.4, -0.2) is 37.1 Å². The van der Waals surface area contributed by atoms with Crippen molar-refractivity contribution in [2.45, 2.75) is 31.3 Å². The average molecular weight is 315 g/mol. The van der Waals surface area contributed by atoms with Crippen molar-refractivity contribution in [3.05, 3.63) is 29.6 Å². The van der Waals surface area contributed by atoms with Crippen molar-refractivity contribution in [1.82, 2.24) is 4.90 Å². The van der Waals surface area contributed by atoms with Gasteiger partial charge in [-0.05, 0) is 38.6 Å². The largest absolute Gasteiger partial charge is 0.366 e. The number of piperazine rings is 1. The third kappa shape index (κ3) is 2.69. The van der Waals surface area contributed by atoms with E-state index < -0.39 is 0 Å². The van der Waals surface area contributed by atoms with Crippen molar-refractivity contribution in [3.8, 4) is 0 Å². The summed E-state index contributed by atoms with van der Waals surface area (Å²) in [4.78, 5) is 4.50. The highest BCUT2D eigenvalue weighted by Crippen LogP contribution is 2.25. The highest BCUT2D eigenvalue weighted by molar-refractivity contribution is 9.08. The lowest BCUT2D eigenvalue weighted by Gasteiger charge is -2.43. The molecule has 1 aliphatic heterocycles. The summed E-state index contributed by atoms with van der Waals surface area (Å²) in [6, 6.07) is 6.41. The Bertz CT molecular complexity index is 412. The zero-order valence-electron chi connectivity index (χ0n) is 11.2. The molecule has 4 heteroatoms. The molecule has 1 heterocycles. The molecule has 1 saturated heterocycles. The molecule has 1 aromatic carbocycles. The van der Waals surface area contributed by atoms with E-state index in [1.807, 2.05) is 12.1 Å². The molecule has 0 spiro atoms. The molecule has 0 aromatic heterocycles. The molecule has 2 atom stereocenters. The van der Waals surface area contributed by atoms with E-state index in [9.17, 15) is 4.39 Å². The third-order valence-corrected chi connectivity index (χ3v) is 4.51. The second-order valence-corrected chi connectivity index (χ2v) is 5.75. The van der Waals surface area contributed by atoms with Gasteiger partial charge in [0.15, 0.2) is 0 Å². The lowest BCUT2D eigenvalue weighted by atomic mass is 10.1. The Labute approximate surface area is 117 Å². The SMILES string of the molecule is CC1CN(c2ccc(CBr)cc2F)CC(C)N1C. The molecular formula is C14H20BrFN2. The van der Waals surface area contributed by atoms with Crippen LogP contribution in [0.25, 0.3) is 0 Å². The van der Waals surface area contributed by atoms with Gasteiger partial charge in [-0.2, -0.15) is 0 Å². The van der Waals surface area contributed by atoms with Crippen molar-refractivity contribution < 1.29 is 4.39 Å². The van der Waals surface area contributed by atoms with E-state index in [0.29, 0.717) is 17.4 Å². The van der Waals surface area contributed by atoms with Crippen LogP contribution in [0.4, 0.5) is 10.1 Å². The van der Waals surface area contributed by atoms with Gasteiger partial charge in [-0.3, -0.25) is 4.90 Å². The number of alkyl halides is 1. The quantitative estimate of drug-likeness (QED) is 0.773. The summed E-state index contributed by atoms with van der Waals surface area (Å²) < 4.78 is 14.1. The van der Waals surface area contributed by atoms with Gasteiger partial charge in [-0.15, -0.1) is 0 Å². The van der Waals surface area contributed by atoms with Crippen molar-refractivity contribution in [2.24, 2.45) is 0 Å². The number of hydrogen-bond donors (Lipinski definition) is 0. The van der Waals surface area contributed by atoms with Gasteiger partial charge in [0, 0.05) is 30.5 Å². The van der Waals surface area contributed by atoms with E-state index >= 15 is 0 Å². The minimum absolute atomic E-state index is 0.115. The molecule has 0 amide bonds. The number of benzene rings is 1. The van der Waals surface area contributed by atoms with Crippen LogP contribution in [0.3, 0.4) is 0 Å². The minimum Gasteiger partial charge on any atom is -0.366 e. The topological polar surface area (TPSA) is 6.48 Å². The Kier molecular flexibility index (Phi) is 4.28. The first-order valence-corrected chi connectivity index (χ1v) is 7.46. The van der Waals surface area contributed by atoms with Crippen LogP contribution in [0, 0.1) is 5.82 Å². The Morgan fingerprint density at radius 1 is 1.28 bits per heavy atom. The fraction of sp³-hybridized carbons (Fsp3) is 0.571. The summed E-state index contributed by atoms with van der Waals surface area (Å²) >= 11 is 3.35. The summed E-state index contributed by atoms with van der Waals surface area (Å²) in [5.41, 5.74) is 1.71. The summed E-state index contributed by atoms with van der Waals surface area (Å²) in [5, 5.41) is 0.694. The Morgan fingerprint density at radius 2 is 1.89 bits per heavy atom. The molecule has 100 valence electrons. The summed E-state index contributed by atoms with van der Waals surface area (Å²) in [6.07, 6.45) is 0. The van der Waals surface area contributed by atoms with Crippen molar-refractivity contribution >= 4 is 21.6 Å². The fourth-order valence-corrected chi connectivity index (χ4v) is 2.84. The van der Waals surface area contributed by atoms with Crippen LogP contribution in [0.2, 0.25) is 0 Å². The van der Waals surface area contributed by atoms with Crippen LogP contribution in [-0.2, 0) is 5.33 Å². The molecule has 0 N–H and O–H groups in total. The van der Waals surface area contributed by atoms with Gasteiger partial charge < -0.3 is 4.90 Å². The second-order valence-electron chi connectivity index (χ2n) is 5.19. The van der Waals surface area contributed by atoms with Gasteiger partial charge >= 0.3 is 0 Å². The number of likely N-dealkylation sites (N-methyl/N-ethyl adjacent to an activating group) is 1. The molecular weight excluding hydrogens is 295 g/mol. The molecule has 18 heavy (non-hydrogen) atoms. The molecule has 2 unspecified atom stereocenters. The Morgan fingerprint density at radius 3 is 2.39 bits per heavy atom. The molecule has 2 nitrogen and oxygen atoms in total. The standard InChI is InChI=1S/C14H20BrFN2/c1-10-8-18(9-11(2)17(10)3)14-5-4-12(7-15)6-13(14)16/h4-6,10-11H,7-9H2,1-3H3. The summed E-state index contributed by atoms with van der Waals surface area (Å²) in [5.74, 6) is -0.115. The van der Waals surface area contributed by atoms with Crippen LogP contribution >= 0.6 is 15.9 Å². The minimum atomic E-state index is -0.115. The lowest BCUT2D eigenvalue weighted by Crippen LogP contribution is -2.55. The molecule has 0 bridgehead atoms. The number of halogens is 2. The first kappa shape index (κ1) is 13.8. The van der Waals surface area contributed by atoms with Crippen molar-refractivity contribution in [3.63, 3.8) is 0 Å². The van der Waals surface area contributed by atoms with E-state index in [-0.39, 0.29) is 5.82 Å². The lowest BCUT2D eigenvalue weighted by molar-refractivity contribution is 0.169. The molecule has 2 rings (SSSR count). The van der Waals surface area contributed by atoms with E-state index in [1.165, 1.54) is 0 Å². The van der Waals surface area contributed by atoms with E-state index in [2.05, 4.69) is 46.6 Å². The summed E-state index contributed by atoms with van der Waals surface area (Å²) in [6.45, 7) is 6.14. The molecule has 1 aromatic rings. The maximum absolute atomic E-state index is 14.1. The smallest absolute Gasteiger partial charge is 0.146 e. The van der Waals surface area contributed by atoms with Gasteiger partial charge in [-0.1, -0.05) is 22.0 Å². The van der Waals surface area contributed by atoms with Crippen molar-refractivity contribution in [1.29, 1.82) is 0 Å². The first-order chi connectivity index (χ1) is 8.52. The van der Waals surface area contributed by atoms with Gasteiger partial charge in [0.25, 0.3) is 0 Å². The van der Waals surface area contributed by atoms with E-state index in [1.54, 1.807) is 6.07 Å². The van der Waals surface area contributed by atoms with Crippen molar-refractivity contribution in [2.75, 3.05) is 25.0 Å². The predicted molar refractivity (Wildman–Crippen MR) is 77.9 cm³/mol. The predicted octanol–water partition coefficient (Wildman–Crippen LogP) is 3.25. The normalized spacial score (nSPS) is 25.5. The fourth-order valence-electron chi connectivity index (χ4n) is 2.49. The highest BCUT2D eigenvalue weighted by Gasteiger charge is 2.27. The third-order valence-electron chi connectivity index (χ3n) is 3.87. The zero-order chi connectivity index (χ0) is 13.3. The van der Waals surface area contributed by atoms with Gasteiger partial charge in [0.1, 0.15) is 5.82 Å². The number of hydrogen-bond acceptors (Lipinski definition) is 2. The Balaban J connectivity index is 2.21. The van der Waals surface area contributed by atoms with E-state index in [0.717, 1.165) is 24.3 Å². The molecule has 1 fully saturated rings. The number of nitrogens with zero attached hydrogens (tertiary/aromatic N) is 2. The second kappa shape index (κ2) is 5.57. The molecule has 0 saturated carbocycles. The Hall–Kier alpha value is -0.610. The molecule has 1 aliphatic rings. The maximum atomic E-state index is 14.1. The maximum Gasteiger partial charge on any atom is 0.146 e. The van der Waals surface area contributed by atoms with Gasteiger partial charge in [-0.25, -0.2) is 4.39 Å². The van der Waals surface area contributed by atoms with Crippen LogP contribution in [0.5, 0.6) is 0 Å². The monoisotopic (exact) mass is 314 g/mol. The first-order valence-electron chi connectivity index (χ1n) is 6.34. The van der Waals surface area contributed by atoms with Gasteiger partial charge in [0.05, 0.1) is 5.69 Å². The van der Waals surface area contributed by atoms with Crippen LogP contribution in [0.15, 0.2) is 18.2 Å². The van der Waals surface area contributed by atoms with Gasteiger partial charge in [0.2, 0.25) is 0 Å². The van der Waals surface area contributed by atoms with Crippen LogP contribution < -0.4 is 4.90 Å². The molecule has 0 radical (unpaired) electrons. The van der Waals surface area contributed by atoms with E-state index in [4.69, 9.17) is 0 Å². The average Bonchev–Trinajstić information content (AvgIpc) is 2.35. The number of anilines is 1. The number of rotatable bonds is 2. The molecule has 0 aliphatic carbocycles. The summed E-state index contributed by atoms with van der Waals surface area (Å²) in [7, 11) is 2.14. The van der Waals surface area contributed by atoms with Crippen LogP contribution in [0.1, 0.15) is 19.4 Å². The zero-order valence-corrected chi connectivity index (χ0v) is 12.7.